The first-order chi connectivity index (χ1) is 14.7. The van der Waals surface area contributed by atoms with E-state index in [0.29, 0.717) is 11.5 Å². The SMILES string of the molecule is Cc1[nH]c(/C=C2/C(=O)NN=C2c2cccs2)c(C2CC2)c1CCCCN1CCCC1. The number of carbonyl (C=O) groups is 1. The quantitative estimate of drug-likeness (QED) is 0.482. The van der Waals surface area contributed by atoms with Crippen molar-refractivity contribution in [2.45, 2.75) is 57.8 Å². The highest BCUT2D eigenvalue weighted by Crippen LogP contribution is 2.45. The van der Waals surface area contributed by atoms with E-state index in [1.807, 2.05) is 23.6 Å². The van der Waals surface area contributed by atoms with Crippen LogP contribution in [-0.2, 0) is 11.2 Å². The van der Waals surface area contributed by atoms with Gasteiger partial charge in [0.05, 0.1) is 10.5 Å². The van der Waals surface area contributed by atoms with E-state index in [0.717, 1.165) is 22.7 Å². The van der Waals surface area contributed by atoms with Crippen LogP contribution in [0.15, 0.2) is 28.2 Å². The van der Waals surface area contributed by atoms with Crippen LogP contribution in [-0.4, -0.2) is 41.1 Å². The second-order valence-corrected chi connectivity index (χ2v) is 9.72. The third-order valence-corrected chi connectivity index (χ3v) is 7.41. The minimum absolute atomic E-state index is 0.112. The van der Waals surface area contributed by atoms with E-state index in [-0.39, 0.29) is 5.91 Å². The molecule has 0 spiro atoms. The lowest BCUT2D eigenvalue weighted by Crippen LogP contribution is -2.20. The van der Waals surface area contributed by atoms with Crippen LogP contribution in [0, 0.1) is 6.92 Å². The Morgan fingerprint density at radius 1 is 1.27 bits per heavy atom. The number of aromatic amines is 1. The molecule has 0 unspecified atom stereocenters. The largest absolute Gasteiger partial charge is 0.359 e. The predicted octanol–water partition coefficient (Wildman–Crippen LogP) is 4.60. The van der Waals surface area contributed by atoms with E-state index in [4.69, 9.17) is 0 Å². The molecule has 2 fully saturated rings. The molecule has 1 amide bonds. The number of hydrogen-bond acceptors (Lipinski definition) is 4. The summed E-state index contributed by atoms with van der Waals surface area (Å²) in [7, 11) is 0. The zero-order valence-electron chi connectivity index (χ0n) is 17.7. The van der Waals surface area contributed by atoms with Crippen molar-refractivity contribution < 1.29 is 4.79 Å². The van der Waals surface area contributed by atoms with Gasteiger partial charge in [0, 0.05) is 11.4 Å². The molecular weight excluding hydrogens is 392 g/mol. The molecule has 30 heavy (non-hydrogen) atoms. The first-order valence-corrected chi connectivity index (χ1v) is 12.2. The summed E-state index contributed by atoms with van der Waals surface area (Å²) < 4.78 is 0. The Bertz CT molecular complexity index is 975. The summed E-state index contributed by atoms with van der Waals surface area (Å²) in [5.74, 6) is 0.529. The molecule has 1 saturated carbocycles. The molecule has 158 valence electrons. The predicted molar refractivity (Wildman–Crippen MR) is 123 cm³/mol. The van der Waals surface area contributed by atoms with Crippen LogP contribution in [0.5, 0.6) is 0 Å². The van der Waals surface area contributed by atoms with Crippen molar-refractivity contribution in [2.75, 3.05) is 19.6 Å². The molecule has 2 aromatic heterocycles. The third kappa shape index (κ3) is 4.03. The van der Waals surface area contributed by atoms with Crippen LogP contribution in [0.4, 0.5) is 0 Å². The number of hydrazone groups is 1. The van der Waals surface area contributed by atoms with Crippen molar-refractivity contribution in [3.8, 4) is 0 Å². The summed E-state index contributed by atoms with van der Waals surface area (Å²) in [6.45, 7) is 5.99. The van der Waals surface area contributed by atoms with Crippen LogP contribution in [0.25, 0.3) is 6.08 Å². The highest BCUT2D eigenvalue weighted by Gasteiger charge is 2.32. The van der Waals surface area contributed by atoms with Gasteiger partial charge in [0.15, 0.2) is 0 Å². The van der Waals surface area contributed by atoms with Gasteiger partial charge in [-0.15, -0.1) is 11.3 Å². The molecule has 0 bridgehead atoms. The average molecular weight is 423 g/mol. The topological polar surface area (TPSA) is 60.5 Å². The van der Waals surface area contributed by atoms with Gasteiger partial charge in [-0.3, -0.25) is 4.79 Å². The highest BCUT2D eigenvalue weighted by atomic mass is 32.1. The maximum absolute atomic E-state index is 12.5. The molecule has 1 saturated heterocycles. The normalized spacial score (nSPS) is 20.9. The molecule has 2 aromatic rings. The van der Waals surface area contributed by atoms with E-state index in [2.05, 4.69) is 27.3 Å². The number of hydrogen-bond donors (Lipinski definition) is 2. The number of thiophene rings is 1. The van der Waals surface area contributed by atoms with Crippen LogP contribution < -0.4 is 5.43 Å². The molecule has 0 atom stereocenters. The molecule has 5 nitrogen and oxygen atoms in total. The van der Waals surface area contributed by atoms with E-state index >= 15 is 0 Å². The number of nitrogens with zero attached hydrogens (tertiary/aromatic N) is 2. The third-order valence-electron chi connectivity index (χ3n) is 6.54. The molecular formula is C24H30N4OS. The fourth-order valence-corrected chi connectivity index (χ4v) is 5.57. The zero-order valence-corrected chi connectivity index (χ0v) is 18.5. The zero-order chi connectivity index (χ0) is 20.5. The second kappa shape index (κ2) is 8.52. The van der Waals surface area contributed by atoms with Crippen LogP contribution in [0.1, 0.15) is 71.8 Å². The molecule has 5 rings (SSSR count). The fourth-order valence-electron chi connectivity index (χ4n) is 4.84. The van der Waals surface area contributed by atoms with Gasteiger partial charge in [-0.05, 0) is 106 Å². The minimum atomic E-state index is -0.112. The van der Waals surface area contributed by atoms with Crippen molar-refractivity contribution in [1.82, 2.24) is 15.3 Å². The van der Waals surface area contributed by atoms with Crippen LogP contribution in [0.3, 0.4) is 0 Å². The van der Waals surface area contributed by atoms with Crippen molar-refractivity contribution in [3.05, 3.63) is 50.5 Å². The molecule has 0 radical (unpaired) electrons. The number of H-pyrrole nitrogens is 1. The second-order valence-electron chi connectivity index (χ2n) is 8.77. The summed E-state index contributed by atoms with van der Waals surface area (Å²) in [5.41, 5.74) is 9.39. The van der Waals surface area contributed by atoms with Crippen molar-refractivity contribution in [1.29, 1.82) is 0 Å². The molecule has 3 aliphatic rings. The highest BCUT2D eigenvalue weighted by molar-refractivity contribution is 7.12. The van der Waals surface area contributed by atoms with E-state index < -0.39 is 0 Å². The molecule has 2 aliphatic heterocycles. The number of carbonyl (C=O) groups excluding carboxylic acids is 1. The van der Waals surface area contributed by atoms with Crippen molar-refractivity contribution in [3.63, 3.8) is 0 Å². The van der Waals surface area contributed by atoms with Gasteiger partial charge in [0.1, 0.15) is 5.71 Å². The standard InChI is InChI=1S/C24H30N4OS/c1-16-18(7-2-3-11-28-12-4-5-13-28)22(17-9-10-17)20(25-16)15-19-23(26-27-24(19)29)21-8-6-14-30-21/h6,8,14-15,17,25H,2-5,7,9-13H2,1H3,(H,27,29)/b19-15+. The van der Waals surface area contributed by atoms with Gasteiger partial charge < -0.3 is 9.88 Å². The number of likely N-dealkylation sites (tertiary alicyclic amines) is 1. The summed E-state index contributed by atoms with van der Waals surface area (Å²) in [6.07, 6.45) is 10.9. The molecule has 0 aromatic carbocycles. The van der Waals surface area contributed by atoms with E-state index in [1.165, 1.54) is 75.0 Å². The summed E-state index contributed by atoms with van der Waals surface area (Å²) in [4.78, 5) is 19.7. The maximum atomic E-state index is 12.5. The lowest BCUT2D eigenvalue weighted by Gasteiger charge is -2.14. The van der Waals surface area contributed by atoms with Gasteiger partial charge in [-0.25, -0.2) is 5.43 Å². The number of aromatic nitrogens is 1. The van der Waals surface area contributed by atoms with Crippen LogP contribution >= 0.6 is 11.3 Å². The van der Waals surface area contributed by atoms with E-state index in [9.17, 15) is 4.79 Å². The lowest BCUT2D eigenvalue weighted by atomic mass is 9.97. The van der Waals surface area contributed by atoms with E-state index in [1.54, 1.807) is 11.3 Å². The Morgan fingerprint density at radius 2 is 2.10 bits per heavy atom. The first-order valence-electron chi connectivity index (χ1n) is 11.3. The number of rotatable bonds is 8. The Morgan fingerprint density at radius 3 is 2.83 bits per heavy atom. The number of unbranched alkanes of at least 4 members (excludes halogenated alkanes) is 1. The lowest BCUT2D eigenvalue weighted by molar-refractivity contribution is -0.116. The summed E-state index contributed by atoms with van der Waals surface area (Å²) in [5, 5.41) is 6.32. The van der Waals surface area contributed by atoms with Crippen LogP contribution in [0.2, 0.25) is 0 Å². The molecule has 6 heteroatoms. The van der Waals surface area contributed by atoms with Crippen molar-refractivity contribution >= 4 is 29.0 Å². The first kappa shape index (κ1) is 19.8. The summed E-state index contributed by atoms with van der Waals surface area (Å²) in [6, 6.07) is 4.02. The monoisotopic (exact) mass is 422 g/mol. The Hall–Kier alpha value is -2.18. The fraction of sp³-hybridized carbons (Fsp3) is 0.500. The van der Waals surface area contributed by atoms with Crippen molar-refractivity contribution in [2.24, 2.45) is 5.10 Å². The number of amides is 1. The molecule has 2 N–H and O–H groups in total. The molecule has 4 heterocycles. The molecule has 1 aliphatic carbocycles. The summed E-state index contributed by atoms with van der Waals surface area (Å²) >= 11 is 1.61. The Balaban J connectivity index is 1.36. The van der Waals surface area contributed by atoms with Gasteiger partial charge in [-0.2, -0.15) is 5.10 Å². The van der Waals surface area contributed by atoms with Gasteiger partial charge in [0.25, 0.3) is 5.91 Å². The smallest absolute Gasteiger partial charge is 0.273 e. The Labute approximate surface area is 182 Å². The number of nitrogens with one attached hydrogen (secondary N) is 2. The Kier molecular flexibility index (Phi) is 5.61. The average Bonchev–Trinajstić information content (AvgIpc) is 3.14. The van der Waals surface area contributed by atoms with Gasteiger partial charge >= 0.3 is 0 Å². The van der Waals surface area contributed by atoms with Gasteiger partial charge in [0.2, 0.25) is 0 Å². The van der Waals surface area contributed by atoms with Gasteiger partial charge in [-0.1, -0.05) is 6.07 Å². The minimum Gasteiger partial charge on any atom is -0.359 e. The maximum Gasteiger partial charge on any atom is 0.273 e. The number of aryl methyl sites for hydroxylation is 1.